The summed E-state index contributed by atoms with van der Waals surface area (Å²) in [5.41, 5.74) is 11.3. The van der Waals surface area contributed by atoms with Crippen molar-refractivity contribution in [3.8, 4) is 0 Å². The lowest BCUT2D eigenvalue weighted by atomic mass is 10.0. The van der Waals surface area contributed by atoms with Crippen molar-refractivity contribution >= 4 is 0 Å². The van der Waals surface area contributed by atoms with Crippen molar-refractivity contribution in [2.45, 2.75) is 57.4 Å². The summed E-state index contributed by atoms with van der Waals surface area (Å²) >= 11 is 0. The van der Waals surface area contributed by atoms with Gasteiger partial charge >= 0.3 is 0 Å². The van der Waals surface area contributed by atoms with Gasteiger partial charge in [0, 0.05) is 6.04 Å². The summed E-state index contributed by atoms with van der Waals surface area (Å²) < 4.78 is 0. The molecule has 0 saturated carbocycles. The first-order valence-corrected chi connectivity index (χ1v) is 5.87. The third-order valence-corrected chi connectivity index (χ3v) is 2.52. The minimum atomic E-state index is 0.327. The molecule has 0 aliphatic heterocycles. The van der Waals surface area contributed by atoms with Crippen LogP contribution in [0.1, 0.15) is 51.4 Å². The summed E-state index contributed by atoms with van der Waals surface area (Å²) in [5.74, 6) is 0. The van der Waals surface area contributed by atoms with E-state index in [0.717, 1.165) is 25.8 Å². The molecule has 2 nitrogen and oxygen atoms in total. The molecule has 0 aromatic rings. The molecule has 0 spiro atoms. The standard InChI is InChI=1S/C12H26N2/c1-2-3-4-5-6-7-8-9-12(14)10-11-13/h2,12H,1,3-11,13-14H2. The van der Waals surface area contributed by atoms with Crippen LogP contribution in [0.2, 0.25) is 0 Å². The van der Waals surface area contributed by atoms with Crippen LogP contribution in [0.25, 0.3) is 0 Å². The first-order valence-electron chi connectivity index (χ1n) is 5.87. The molecule has 0 saturated heterocycles. The van der Waals surface area contributed by atoms with Crippen molar-refractivity contribution in [1.82, 2.24) is 0 Å². The highest BCUT2D eigenvalue weighted by Crippen LogP contribution is 2.09. The molecule has 0 aliphatic rings. The molecular weight excluding hydrogens is 172 g/mol. The molecular formula is C12H26N2. The van der Waals surface area contributed by atoms with Crippen molar-refractivity contribution in [2.75, 3.05) is 6.54 Å². The summed E-state index contributed by atoms with van der Waals surface area (Å²) in [6.45, 7) is 4.43. The van der Waals surface area contributed by atoms with E-state index in [4.69, 9.17) is 11.5 Å². The predicted octanol–water partition coefficient (Wildman–Crippen LogP) is 2.58. The van der Waals surface area contributed by atoms with E-state index in [-0.39, 0.29) is 0 Å². The largest absolute Gasteiger partial charge is 0.330 e. The third-order valence-electron chi connectivity index (χ3n) is 2.52. The molecule has 0 fully saturated rings. The molecule has 4 N–H and O–H groups in total. The van der Waals surface area contributed by atoms with Gasteiger partial charge in [0.1, 0.15) is 0 Å². The Morgan fingerprint density at radius 1 is 1.00 bits per heavy atom. The van der Waals surface area contributed by atoms with Crippen molar-refractivity contribution in [1.29, 1.82) is 0 Å². The van der Waals surface area contributed by atoms with Crippen molar-refractivity contribution in [3.05, 3.63) is 12.7 Å². The van der Waals surface area contributed by atoms with E-state index in [1.807, 2.05) is 6.08 Å². The van der Waals surface area contributed by atoms with E-state index < -0.39 is 0 Å². The van der Waals surface area contributed by atoms with Crippen LogP contribution in [0, 0.1) is 0 Å². The van der Waals surface area contributed by atoms with Gasteiger partial charge in [0.15, 0.2) is 0 Å². The number of allylic oxidation sites excluding steroid dienone is 1. The third kappa shape index (κ3) is 9.75. The predicted molar refractivity (Wildman–Crippen MR) is 64.2 cm³/mol. The summed E-state index contributed by atoms with van der Waals surface area (Å²) in [7, 11) is 0. The van der Waals surface area contributed by atoms with Gasteiger partial charge in [0.25, 0.3) is 0 Å². The highest BCUT2D eigenvalue weighted by molar-refractivity contribution is 4.65. The fraction of sp³-hybridized carbons (Fsp3) is 0.833. The second kappa shape index (κ2) is 10.7. The fourth-order valence-electron chi connectivity index (χ4n) is 1.58. The lowest BCUT2D eigenvalue weighted by Gasteiger charge is -2.09. The second-order valence-corrected chi connectivity index (χ2v) is 3.97. The smallest absolute Gasteiger partial charge is 0.00508 e. The number of hydrogen-bond donors (Lipinski definition) is 2. The summed E-state index contributed by atoms with van der Waals surface area (Å²) in [6, 6.07) is 0.327. The van der Waals surface area contributed by atoms with Gasteiger partial charge in [0.2, 0.25) is 0 Å². The Hall–Kier alpha value is -0.340. The lowest BCUT2D eigenvalue weighted by Crippen LogP contribution is -2.23. The van der Waals surface area contributed by atoms with Crippen LogP contribution in [0.3, 0.4) is 0 Å². The van der Waals surface area contributed by atoms with Gasteiger partial charge in [-0.2, -0.15) is 0 Å². The topological polar surface area (TPSA) is 52.0 Å². The average molecular weight is 198 g/mol. The number of hydrogen-bond acceptors (Lipinski definition) is 2. The molecule has 1 atom stereocenters. The molecule has 0 rings (SSSR count). The van der Waals surface area contributed by atoms with Crippen LogP contribution < -0.4 is 11.5 Å². The van der Waals surface area contributed by atoms with Gasteiger partial charge in [-0.05, 0) is 32.2 Å². The maximum atomic E-state index is 5.85. The van der Waals surface area contributed by atoms with Crippen LogP contribution in [-0.2, 0) is 0 Å². The monoisotopic (exact) mass is 198 g/mol. The number of unbranched alkanes of at least 4 members (excludes halogenated alkanes) is 5. The Bertz CT molecular complexity index is 123. The van der Waals surface area contributed by atoms with Crippen LogP contribution in [-0.4, -0.2) is 12.6 Å². The van der Waals surface area contributed by atoms with Gasteiger partial charge in [-0.25, -0.2) is 0 Å². The number of rotatable bonds is 10. The maximum Gasteiger partial charge on any atom is 0.00508 e. The van der Waals surface area contributed by atoms with Crippen LogP contribution in [0.4, 0.5) is 0 Å². The highest BCUT2D eigenvalue weighted by Gasteiger charge is 1.99. The van der Waals surface area contributed by atoms with Crippen LogP contribution in [0.15, 0.2) is 12.7 Å². The molecule has 2 heteroatoms. The Morgan fingerprint density at radius 2 is 1.64 bits per heavy atom. The van der Waals surface area contributed by atoms with Crippen LogP contribution in [0.5, 0.6) is 0 Å². The van der Waals surface area contributed by atoms with Crippen LogP contribution >= 0.6 is 0 Å². The zero-order valence-corrected chi connectivity index (χ0v) is 9.38. The molecule has 0 radical (unpaired) electrons. The normalized spacial score (nSPS) is 12.7. The van der Waals surface area contributed by atoms with E-state index in [1.54, 1.807) is 0 Å². The van der Waals surface area contributed by atoms with E-state index in [1.165, 1.54) is 32.1 Å². The zero-order chi connectivity index (χ0) is 10.6. The minimum Gasteiger partial charge on any atom is -0.330 e. The maximum absolute atomic E-state index is 5.85. The average Bonchev–Trinajstić information content (AvgIpc) is 2.17. The Morgan fingerprint density at radius 3 is 2.29 bits per heavy atom. The molecule has 0 bridgehead atoms. The van der Waals surface area contributed by atoms with E-state index in [9.17, 15) is 0 Å². The summed E-state index contributed by atoms with van der Waals surface area (Å²) in [6.07, 6.45) is 11.8. The van der Waals surface area contributed by atoms with Gasteiger partial charge < -0.3 is 11.5 Å². The first-order chi connectivity index (χ1) is 6.81. The molecule has 0 aromatic heterocycles. The van der Waals surface area contributed by atoms with Crippen molar-refractivity contribution < 1.29 is 0 Å². The fourth-order valence-corrected chi connectivity index (χ4v) is 1.58. The molecule has 0 aromatic carbocycles. The summed E-state index contributed by atoms with van der Waals surface area (Å²) in [5, 5.41) is 0. The quantitative estimate of drug-likeness (QED) is 0.419. The zero-order valence-electron chi connectivity index (χ0n) is 9.38. The van der Waals surface area contributed by atoms with Crippen molar-refractivity contribution in [3.63, 3.8) is 0 Å². The van der Waals surface area contributed by atoms with E-state index in [2.05, 4.69) is 6.58 Å². The molecule has 0 aliphatic carbocycles. The number of nitrogens with two attached hydrogens (primary N) is 2. The van der Waals surface area contributed by atoms with Gasteiger partial charge in [-0.3, -0.25) is 0 Å². The van der Waals surface area contributed by atoms with E-state index in [0.29, 0.717) is 6.04 Å². The SMILES string of the molecule is C=CCCCCCCCC(N)CCN. The van der Waals surface area contributed by atoms with Gasteiger partial charge in [-0.15, -0.1) is 6.58 Å². The summed E-state index contributed by atoms with van der Waals surface area (Å²) in [4.78, 5) is 0. The minimum absolute atomic E-state index is 0.327. The van der Waals surface area contributed by atoms with Gasteiger partial charge in [-0.1, -0.05) is 31.8 Å². The highest BCUT2D eigenvalue weighted by atomic mass is 14.6. The Kier molecular flexibility index (Phi) is 10.5. The lowest BCUT2D eigenvalue weighted by molar-refractivity contribution is 0.518. The van der Waals surface area contributed by atoms with Crippen molar-refractivity contribution in [2.24, 2.45) is 11.5 Å². The Balaban J connectivity index is 3.01. The molecule has 84 valence electrons. The molecule has 14 heavy (non-hydrogen) atoms. The second-order valence-electron chi connectivity index (χ2n) is 3.97. The van der Waals surface area contributed by atoms with Gasteiger partial charge in [0.05, 0.1) is 0 Å². The molecule has 0 amide bonds. The molecule has 0 heterocycles. The first kappa shape index (κ1) is 13.7. The molecule has 1 unspecified atom stereocenters. The Labute approximate surface area is 88.7 Å². The van der Waals surface area contributed by atoms with E-state index >= 15 is 0 Å².